The van der Waals surface area contributed by atoms with Crippen LogP contribution in [0.2, 0.25) is 0 Å². The number of likely N-dealkylation sites (tertiary alicyclic amines) is 1. The number of anilines is 1. The van der Waals surface area contributed by atoms with Gasteiger partial charge in [0.2, 0.25) is 11.8 Å². The number of fused-ring (bicyclic) bond motifs is 1. The Balaban J connectivity index is 1.36. The summed E-state index contributed by atoms with van der Waals surface area (Å²) in [7, 11) is 0. The minimum absolute atomic E-state index is 0.00588. The molecule has 3 heterocycles. The van der Waals surface area contributed by atoms with Gasteiger partial charge in [-0.15, -0.1) is 0 Å². The predicted octanol–water partition coefficient (Wildman–Crippen LogP) is 3.59. The van der Waals surface area contributed by atoms with Gasteiger partial charge in [-0.3, -0.25) is 14.0 Å². The summed E-state index contributed by atoms with van der Waals surface area (Å²) in [5.41, 5.74) is 2.54. The van der Waals surface area contributed by atoms with Crippen molar-refractivity contribution >= 4 is 23.3 Å². The van der Waals surface area contributed by atoms with Crippen molar-refractivity contribution in [2.75, 3.05) is 18.4 Å². The maximum absolute atomic E-state index is 13.1. The second-order valence-corrected chi connectivity index (χ2v) is 7.97. The van der Waals surface area contributed by atoms with Crippen molar-refractivity contribution in [1.82, 2.24) is 14.3 Å². The van der Waals surface area contributed by atoms with E-state index in [0.29, 0.717) is 31.7 Å². The van der Waals surface area contributed by atoms with Crippen LogP contribution in [0.4, 0.5) is 5.82 Å². The van der Waals surface area contributed by atoms with Crippen LogP contribution in [0.1, 0.15) is 25.7 Å². The van der Waals surface area contributed by atoms with Crippen LogP contribution in [-0.2, 0) is 9.59 Å². The Hall–Kier alpha value is -3.15. The molecule has 2 aliphatic rings. The molecule has 148 valence electrons. The number of carbonyl (C=O) groups is 2. The lowest BCUT2D eigenvalue weighted by Crippen LogP contribution is -2.42. The van der Waals surface area contributed by atoms with Crippen molar-refractivity contribution in [3.05, 3.63) is 54.7 Å². The van der Waals surface area contributed by atoms with Gasteiger partial charge in [-0.2, -0.15) is 0 Å². The number of hydrogen-bond donors (Lipinski definition) is 1. The number of imidazole rings is 1. The first-order chi connectivity index (χ1) is 14.2. The Kier molecular flexibility index (Phi) is 4.54. The van der Waals surface area contributed by atoms with Gasteiger partial charge in [0.25, 0.3) is 0 Å². The number of carbonyl (C=O) groups excluding carboxylic acids is 2. The van der Waals surface area contributed by atoms with E-state index in [0.717, 1.165) is 29.7 Å². The second-order valence-electron chi connectivity index (χ2n) is 7.97. The van der Waals surface area contributed by atoms with Gasteiger partial charge in [-0.1, -0.05) is 36.4 Å². The van der Waals surface area contributed by atoms with Gasteiger partial charge >= 0.3 is 0 Å². The quantitative estimate of drug-likeness (QED) is 0.743. The first kappa shape index (κ1) is 17.9. The lowest BCUT2D eigenvalue weighted by atomic mass is 9.95. The molecule has 2 fully saturated rings. The summed E-state index contributed by atoms with van der Waals surface area (Å²) >= 11 is 0. The third-order valence-electron chi connectivity index (χ3n) is 5.92. The van der Waals surface area contributed by atoms with Crippen LogP contribution in [0.3, 0.4) is 0 Å². The minimum Gasteiger partial charge on any atom is -0.342 e. The van der Waals surface area contributed by atoms with E-state index in [1.165, 1.54) is 0 Å². The summed E-state index contributed by atoms with van der Waals surface area (Å²) < 4.78 is 1.92. The third kappa shape index (κ3) is 3.50. The number of hydrogen-bond acceptors (Lipinski definition) is 3. The van der Waals surface area contributed by atoms with E-state index in [1.807, 2.05) is 64.0 Å². The smallest absolute Gasteiger partial charge is 0.228 e. The summed E-state index contributed by atoms with van der Waals surface area (Å²) in [5, 5.41) is 3.14. The molecule has 1 saturated heterocycles. The highest BCUT2D eigenvalue weighted by atomic mass is 16.2. The van der Waals surface area contributed by atoms with E-state index in [-0.39, 0.29) is 23.7 Å². The average molecular weight is 388 g/mol. The van der Waals surface area contributed by atoms with Crippen LogP contribution < -0.4 is 5.32 Å². The number of amides is 2. The molecule has 1 aromatic carbocycles. The maximum atomic E-state index is 13.1. The Morgan fingerprint density at radius 2 is 1.62 bits per heavy atom. The Morgan fingerprint density at radius 1 is 0.897 bits per heavy atom. The van der Waals surface area contributed by atoms with Crippen molar-refractivity contribution in [2.45, 2.75) is 25.7 Å². The van der Waals surface area contributed by atoms with Gasteiger partial charge in [0.15, 0.2) is 0 Å². The normalized spacial score (nSPS) is 17.4. The van der Waals surface area contributed by atoms with E-state index >= 15 is 0 Å². The van der Waals surface area contributed by atoms with E-state index in [2.05, 4.69) is 5.32 Å². The standard InChI is InChI=1S/C23H24N4O2/c28-22(17-11-14-26(15-12-17)23(29)18-9-10-18)25-21-20(16-6-2-1-3-7-16)24-19-8-4-5-13-27(19)21/h1-8,13,17-18H,9-12,14-15H2,(H,25,28). The molecule has 1 aliphatic heterocycles. The molecule has 6 heteroatoms. The SMILES string of the molecule is O=C(Nc1c(-c2ccccc2)nc2ccccn12)C1CCN(C(=O)C2CC2)CC1. The van der Waals surface area contributed by atoms with Crippen LogP contribution in [-0.4, -0.2) is 39.2 Å². The molecule has 1 N–H and O–H groups in total. The average Bonchev–Trinajstić information content (AvgIpc) is 3.56. The molecule has 1 saturated carbocycles. The molecule has 0 atom stereocenters. The zero-order valence-corrected chi connectivity index (χ0v) is 16.3. The van der Waals surface area contributed by atoms with Gasteiger partial charge < -0.3 is 10.2 Å². The van der Waals surface area contributed by atoms with Crippen LogP contribution in [0.5, 0.6) is 0 Å². The van der Waals surface area contributed by atoms with Crippen molar-refractivity contribution in [2.24, 2.45) is 11.8 Å². The van der Waals surface area contributed by atoms with Gasteiger partial charge in [0.05, 0.1) is 0 Å². The minimum atomic E-state index is -0.0869. The molecule has 0 radical (unpaired) electrons. The fraction of sp³-hybridized carbons (Fsp3) is 0.348. The van der Waals surface area contributed by atoms with E-state index in [9.17, 15) is 9.59 Å². The Bertz CT molecular complexity index is 1050. The number of piperidine rings is 1. The summed E-state index contributed by atoms with van der Waals surface area (Å²) in [6, 6.07) is 15.7. The van der Waals surface area contributed by atoms with Gasteiger partial charge in [-0.25, -0.2) is 4.98 Å². The molecular weight excluding hydrogens is 364 g/mol. The van der Waals surface area contributed by atoms with E-state index in [1.54, 1.807) is 0 Å². The van der Waals surface area contributed by atoms with E-state index < -0.39 is 0 Å². The molecular formula is C23H24N4O2. The number of nitrogens with one attached hydrogen (secondary N) is 1. The summed E-state index contributed by atoms with van der Waals surface area (Å²) in [6.45, 7) is 1.35. The van der Waals surface area contributed by atoms with Gasteiger partial charge in [-0.05, 0) is 37.8 Å². The Labute approximate surface area is 169 Å². The van der Waals surface area contributed by atoms with Crippen molar-refractivity contribution in [3.63, 3.8) is 0 Å². The molecule has 3 aromatic rings. The van der Waals surface area contributed by atoms with E-state index in [4.69, 9.17) is 4.98 Å². The molecule has 0 spiro atoms. The lowest BCUT2D eigenvalue weighted by Gasteiger charge is -2.31. The number of pyridine rings is 1. The number of benzene rings is 1. The second kappa shape index (κ2) is 7.35. The molecule has 2 amide bonds. The molecule has 0 bridgehead atoms. The first-order valence-electron chi connectivity index (χ1n) is 10.3. The molecule has 0 unspecified atom stereocenters. The first-order valence-corrected chi connectivity index (χ1v) is 10.3. The Morgan fingerprint density at radius 3 is 2.34 bits per heavy atom. The van der Waals surface area contributed by atoms with Crippen molar-refractivity contribution in [1.29, 1.82) is 0 Å². The number of rotatable bonds is 4. The monoisotopic (exact) mass is 388 g/mol. The van der Waals surface area contributed by atoms with Gasteiger partial charge in [0.1, 0.15) is 17.2 Å². The molecule has 2 aromatic heterocycles. The maximum Gasteiger partial charge on any atom is 0.228 e. The molecule has 6 nitrogen and oxygen atoms in total. The largest absolute Gasteiger partial charge is 0.342 e. The van der Waals surface area contributed by atoms with Crippen LogP contribution in [0.15, 0.2) is 54.7 Å². The van der Waals surface area contributed by atoms with Crippen molar-refractivity contribution < 1.29 is 9.59 Å². The topological polar surface area (TPSA) is 66.7 Å². The van der Waals surface area contributed by atoms with Crippen molar-refractivity contribution in [3.8, 4) is 11.3 Å². The third-order valence-corrected chi connectivity index (χ3v) is 5.92. The molecule has 5 rings (SSSR count). The van der Waals surface area contributed by atoms with Gasteiger partial charge in [0, 0.05) is 36.7 Å². The zero-order chi connectivity index (χ0) is 19.8. The molecule has 1 aliphatic carbocycles. The summed E-state index contributed by atoms with van der Waals surface area (Å²) in [6.07, 6.45) is 5.39. The summed E-state index contributed by atoms with van der Waals surface area (Å²) in [4.78, 5) is 32.0. The fourth-order valence-corrected chi connectivity index (χ4v) is 4.08. The van der Waals surface area contributed by atoms with Crippen LogP contribution in [0, 0.1) is 11.8 Å². The summed E-state index contributed by atoms with van der Waals surface area (Å²) in [5.74, 6) is 1.14. The highest BCUT2D eigenvalue weighted by molar-refractivity contribution is 5.96. The lowest BCUT2D eigenvalue weighted by molar-refractivity contribution is -0.135. The highest BCUT2D eigenvalue weighted by Crippen LogP contribution is 2.33. The fourth-order valence-electron chi connectivity index (χ4n) is 4.08. The predicted molar refractivity (Wildman–Crippen MR) is 111 cm³/mol. The molecule has 29 heavy (non-hydrogen) atoms. The van der Waals surface area contributed by atoms with Crippen LogP contribution in [0.25, 0.3) is 16.9 Å². The number of nitrogens with zero attached hydrogens (tertiary/aromatic N) is 3. The number of aromatic nitrogens is 2. The highest BCUT2D eigenvalue weighted by Gasteiger charge is 2.36. The zero-order valence-electron chi connectivity index (χ0n) is 16.3. The van der Waals surface area contributed by atoms with Crippen LogP contribution >= 0.6 is 0 Å².